The van der Waals surface area contributed by atoms with E-state index in [1.807, 2.05) is 62.4 Å². The molecule has 0 aliphatic rings. The highest BCUT2D eigenvalue weighted by atomic mass is 16.1. The van der Waals surface area contributed by atoms with Gasteiger partial charge in [-0.3, -0.25) is 9.89 Å². The number of carbonyl (C=O) groups is 1. The highest BCUT2D eigenvalue weighted by Crippen LogP contribution is 2.19. The first-order chi connectivity index (χ1) is 10.6. The van der Waals surface area contributed by atoms with Crippen LogP contribution in [0.3, 0.4) is 0 Å². The van der Waals surface area contributed by atoms with E-state index < -0.39 is 0 Å². The number of aromatic nitrogens is 2. The number of amides is 1. The predicted octanol–water partition coefficient (Wildman–Crippen LogP) is 3.95. The summed E-state index contributed by atoms with van der Waals surface area (Å²) in [4.78, 5) is 12.3. The second kappa shape index (κ2) is 5.85. The van der Waals surface area contributed by atoms with Gasteiger partial charge in [0, 0.05) is 11.3 Å². The number of benzene rings is 2. The van der Waals surface area contributed by atoms with E-state index in [2.05, 4.69) is 15.5 Å². The Balaban J connectivity index is 1.80. The van der Waals surface area contributed by atoms with Crippen molar-refractivity contribution in [3.05, 3.63) is 71.4 Å². The van der Waals surface area contributed by atoms with Crippen LogP contribution < -0.4 is 5.32 Å². The number of carbonyl (C=O) groups excluding carboxylic acids is 1. The first-order valence-corrected chi connectivity index (χ1v) is 7.13. The topological polar surface area (TPSA) is 57.8 Å². The van der Waals surface area contributed by atoms with Crippen molar-refractivity contribution in [2.45, 2.75) is 13.8 Å². The summed E-state index contributed by atoms with van der Waals surface area (Å²) in [7, 11) is 0. The summed E-state index contributed by atoms with van der Waals surface area (Å²) in [6.07, 6.45) is 0. The molecule has 0 atom stereocenters. The molecule has 1 heterocycles. The molecule has 0 saturated carbocycles. The van der Waals surface area contributed by atoms with Crippen molar-refractivity contribution >= 4 is 11.6 Å². The summed E-state index contributed by atoms with van der Waals surface area (Å²) in [6.45, 7) is 4.00. The Bertz CT molecular complexity index is 806. The Morgan fingerprint density at radius 2 is 1.82 bits per heavy atom. The lowest BCUT2D eigenvalue weighted by molar-refractivity contribution is 0.102. The minimum atomic E-state index is -0.193. The lowest BCUT2D eigenvalue weighted by Gasteiger charge is -2.07. The molecule has 0 fully saturated rings. The van der Waals surface area contributed by atoms with Gasteiger partial charge in [-0.1, -0.05) is 48.0 Å². The van der Waals surface area contributed by atoms with Crippen LogP contribution in [0.4, 0.5) is 5.69 Å². The molecule has 1 amide bonds. The van der Waals surface area contributed by atoms with Gasteiger partial charge < -0.3 is 5.32 Å². The summed E-state index contributed by atoms with van der Waals surface area (Å²) >= 11 is 0. The normalized spacial score (nSPS) is 10.5. The van der Waals surface area contributed by atoms with E-state index in [-0.39, 0.29) is 5.91 Å². The molecule has 3 rings (SSSR count). The number of aryl methyl sites for hydroxylation is 2. The molecule has 0 aliphatic heterocycles. The van der Waals surface area contributed by atoms with Crippen LogP contribution in [-0.2, 0) is 0 Å². The minimum Gasteiger partial charge on any atom is -0.320 e. The van der Waals surface area contributed by atoms with Crippen LogP contribution in [0.1, 0.15) is 21.6 Å². The molecular weight excluding hydrogens is 274 g/mol. The van der Waals surface area contributed by atoms with Gasteiger partial charge in [0.05, 0.1) is 5.69 Å². The lowest BCUT2D eigenvalue weighted by Crippen LogP contribution is -2.13. The fraction of sp³-hybridized carbons (Fsp3) is 0.111. The van der Waals surface area contributed by atoms with Gasteiger partial charge in [-0.15, -0.1) is 0 Å². The van der Waals surface area contributed by atoms with Gasteiger partial charge >= 0.3 is 0 Å². The maximum atomic E-state index is 12.3. The second-order valence-corrected chi connectivity index (χ2v) is 5.31. The smallest absolute Gasteiger partial charge is 0.273 e. The van der Waals surface area contributed by atoms with Crippen LogP contribution in [0.5, 0.6) is 0 Å². The van der Waals surface area contributed by atoms with E-state index in [1.54, 1.807) is 6.07 Å². The molecule has 4 nitrogen and oxygen atoms in total. The van der Waals surface area contributed by atoms with Crippen LogP contribution in [0.25, 0.3) is 11.3 Å². The van der Waals surface area contributed by atoms with Crippen molar-refractivity contribution in [1.82, 2.24) is 10.2 Å². The monoisotopic (exact) mass is 291 g/mol. The molecule has 0 bridgehead atoms. The van der Waals surface area contributed by atoms with Crippen LogP contribution >= 0.6 is 0 Å². The third-order valence-electron chi connectivity index (χ3n) is 3.52. The summed E-state index contributed by atoms with van der Waals surface area (Å²) < 4.78 is 0. The third kappa shape index (κ3) is 2.91. The van der Waals surface area contributed by atoms with E-state index in [4.69, 9.17) is 0 Å². The number of H-pyrrole nitrogens is 1. The van der Waals surface area contributed by atoms with E-state index in [0.29, 0.717) is 5.69 Å². The van der Waals surface area contributed by atoms with Crippen LogP contribution in [0.2, 0.25) is 0 Å². The quantitative estimate of drug-likeness (QED) is 0.767. The Hall–Kier alpha value is -2.88. The van der Waals surface area contributed by atoms with E-state index in [0.717, 1.165) is 22.5 Å². The molecule has 110 valence electrons. The zero-order valence-electron chi connectivity index (χ0n) is 12.6. The van der Waals surface area contributed by atoms with Crippen LogP contribution in [0.15, 0.2) is 54.6 Å². The van der Waals surface area contributed by atoms with Gasteiger partial charge in [0.15, 0.2) is 0 Å². The zero-order valence-corrected chi connectivity index (χ0v) is 12.6. The number of anilines is 1. The second-order valence-electron chi connectivity index (χ2n) is 5.31. The van der Waals surface area contributed by atoms with Crippen LogP contribution in [0, 0.1) is 13.8 Å². The maximum absolute atomic E-state index is 12.3. The van der Waals surface area contributed by atoms with Gasteiger partial charge in [-0.05, 0) is 31.5 Å². The highest BCUT2D eigenvalue weighted by Gasteiger charge is 2.12. The van der Waals surface area contributed by atoms with Gasteiger partial charge in [0.2, 0.25) is 0 Å². The Morgan fingerprint density at radius 1 is 1.05 bits per heavy atom. The molecule has 0 spiro atoms. The molecule has 4 heteroatoms. The molecular formula is C18H17N3O. The minimum absolute atomic E-state index is 0.193. The number of nitrogens with zero attached hydrogens (tertiary/aromatic N) is 1. The van der Waals surface area contributed by atoms with Gasteiger partial charge in [0.1, 0.15) is 5.69 Å². The van der Waals surface area contributed by atoms with Gasteiger partial charge in [0.25, 0.3) is 5.91 Å². The molecule has 0 aliphatic carbocycles. The average Bonchev–Trinajstić information content (AvgIpc) is 3.01. The van der Waals surface area contributed by atoms with Crippen molar-refractivity contribution in [2.75, 3.05) is 5.32 Å². The SMILES string of the molecule is Cc1ccc(NC(=O)c2cc(-c3ccccc3)n[nH]2)c(C)c1. The molecule has 2 N–H and O–H groups in total. The third-order valence-corrected chi connectivity index (χ3v) is 3.52. The number of nitrogens with one attached hydrogen (secondary N) is 2. The summed E-state index contributed by atoms with van der Waals surface area (Å²) in [5, 5.41) is 9.90. The molecule has 0 unspecified atom stereocenters. The van der Waals surface area contributed by atoms with Gasteiger partial charge in [-0.2, -0.15) is 5.10 Å². The number of rotatable bonds is 3. The number of hydrogen-bond acceptors (Lipinski definition) is 2. The molecule has 1 aromatic heterocycles. The van der Waals surface area contributed by atoms with Crippen molar-refractivity contribution in [3.8, 4) is 11.3 Å². The summed E-state index contributed by atoms with van der Waals surface area (Å²) in [5.74, 6) is -0.193. The molecule has 0 saturated heterocycles. The number of hydrogen-bond donors (Lipinski definition) is 2. The fourth-order valence-electron chi connectivity index (χ4n) is 2.34. The number of aromatic amines is 1. The highest BCUT2D eigenvalue weighted by molar-refractivity contribution is 6.03. The van der Waals surface area contributed by atoms with Crippen molar-refractivity contribution < 1.29 is 4.79 Å². The Morgan fingerprint density at radius 3 is 2.55 bits per heavy atom. The van der Waals surface area contributed by atoms with Crippen molar-refractivity contribution in [3.63, 3.8) is 0 Å². The standard InChI is InChI=1S/C18H17N3O/c1-12-8-9-15(13(2)10-12)19-18(22)17-11-16(20-21-17)14-6-4-3-5-7-14/h3-11H,1-2H3,(H,19,22)(H,20,21). The largest absolute Gasteiger partial charge is 0.320 e. The first-order valence-electron chi connectivity index (χ1n) is 7.13. The van der Waals surface area contributed by atoms with E-state index >= 15 is 0 Å². The summed E-state index contributed by atoms with van der Waals surface area (Å²) in [5.41, 5.74) is 5.19. The zero-order chi connectivity index (χ0) is 15.5. The van der Waals surface area contributed by atoms with Crippen LogP contribution in [-0.4, -0.2) is 16.1 Å². The lowest BCUT2D eigenvalue weighted by atomic mass is 10.1. The van der Waals surface area contributed by atoms with Crippen molar-refractivity contribution in [1.29, 1.82) is 0 Å². The average molecular weight is 291 g/mol. The first kappa shape index (κ1) is 14.1. The maximum Gasteiger partial charge on any atom is 0.273 e. The van der Waals surface area contributed by atoms with Gasteiger partial charge in [-0.25, -0.2) is 0 Å². The van der Waals surface area contributed by atoms with E-state index in [9.17, 15) is 4.79 Å². The molecule has 3 aromatic rings. The fourth-order valence-corrected chi connectivity index (χ4v) is 2.34. The Labute approximate surface area is 129 Å². The molecule has 0 radical (unpaired) electrons. The predicted molar refractivity (Wildman–Crippen MR) is 87.9 cm³/mol. The van der Waals surface area contributed by atoms with E-state index in [1.165, 1.54) is 5.56 Å². The van der Waals surface area contributed by atoms with Crippen molar-refractivity contribution in [2.24, 2.45) is 0 Å². The molecule has 22 heavy (non-hydrogen) atoms. The molecule has 2 aromatic carbocycles. The Kier molecular flexibility index (Phi) is 3.74. The summed E-state index contributed by atoms with van der Waals surface area (Å²) in [6, 6.07) is 17.4.